The summed E-state index contributed by atoms with van der Waals surface area (Å²) in [7, 11) is 0. The SMILES string of the molecule is NC(=O)c1ccc(C(N)=O)[se]1. The summed E-state index contributed by atoms with van der Waals surface area (Å²) < 4.78 is 0.984. The predicted octanol–water partition coefficient (Wildman–Crippen LogP) is -1.06. The van der Waals surface area contributed by atoms with E-state index in [0.717, 1.165) is 0 Å². The Hall–Kier alpha value is -1.06. The standard InChI is InChI=1S/C6H6N2O2Se/c7-5(9)3-1-2-4(11-3)6(8)10/h1-2H,(H2,7,9)(H2,8,10). The zero-order valence-electron chi connectivity index (χ0n) is 5.53. The Balaban J connectivity index is 2.99. The molecule has 1 heterocycles. The van der Waals surface area contributed by atoms with E-state index in [2.05, 4.69) is 0 Å². The molecule has 4 N–H and O–H groups in total. The summed E-state index contributed by atoms with van der Waals surface area (Å²) in [6, 6.07) is 3.09. The van der Waals surface area contributed by atoms with Gasteiger partial charge in [-0.05, 0) is 0 Å². The molecule has 0 spiro atoms. The van der Waals surface area contributed by atoms with Gasteiger partial charge in [0, 0.05) is 0 Å². The van der Waals surface area contributed by atoms with E-state index in [9.17, 15) is 9.59 Å². The number of hydrogen-bond donors (Lipinski definition) is 2. The third-order valence-electron chi connectivity index (χ3n) is 1.09. The summed E-state index contributed by atoms with van der Waals surface area (Å²) >= 11 is -0.280. The molecule has 0 saturated carbocycles. The van der Waals surface area contributed by atoms with E-state index in [4.69, 9.17) is 11.5 Å². The van der Waals surface area contributed by atoms with Gasteiger partial charge in [0.15, 0.2) is 0 Å². The van der Waals surface area contributed by atoms with Crippen molar-refractivity contribution in [2.24, 2.45) is 11.5 Å². The number of carbonyl (C=O) groups excluding carboxylic acids is 2. The van der Waals surface area contributed by atoms with Crippen LogP contribution in [0, 0.1) is 0 Å². The van der Waals surface area contributed by atoms with Crippen LogP contribution in [0.2, 0.25) is 0 Å². The van der Waals surface area contributed by atoms with Crippen molar-refractivity contribution >= 4 is 26.3 Å². The molecular weight excluding hydrogens is 211 g/mol. The van der Waals surface area contributed by atoms with Crippen molar-refractivity contribution in [2.45, 2.75) is 0 Å². The Morgan fingerprint density at radius 3 is 1.64 bits per heavy atom. The topological polar surface area (TPSA) is 86.2 Å². The Kier molecular flexibility index (Phi) is 2.12. The summed E-state index contributed by atoms with van der Waals surface area (Å²) in [4.78, 5) is 21.1. The summed E-state index contributed by atoms with van der Waals surface area (Å²) in [6.45, 7) is 0. The van der Waals surface area contributed by atoms with E-state index in [1.165, 1.54) is 0 Å². The van der Waals surface area contributed by atoms with Crippen molar-refractivity contribution in [3.8, 4) is 0 Å². The fourth-order valence-corrected chi connectivity index (χ4v) is 2.09. The van der Waals surface area contributed by atoms with Gasteiger partial charge in [0.25, 0.3) is 0 Å². The molecular formula is C6H6N2O2Se. The fourth-order valence-electron chi connectivity index (χ4n) is 0.603. The maximum absolute atomic E-state index is 10.6. The van der Waals surface area contributed by atoms with E-state index >= 15 is 0 Å². The molecule has 1 aromatic rings. The van der Waals surface area contributed by atoms with E-state index in [1.54, 1.807) is 12.1 Å². The monoisotopic (exact) mass is 218 g/mol. The molecule has 1 aromatic heterocycles. The van der Waals surface area contributed by atoms with Crippen LogP contribution >= 0.6 is 0 Å². The number of carbonyl (C=O) groups is 2. The van der Waals surface area contributed by atoms with Gasteiger partial charge in [0.05, 0.1) is 0 Å². The zero-order valence-corrected chi connectivity index (χ0v) is 7.25. The van der Waals surface area contributed by atoms with Crippen molar-refractivity contribution in [3.63, 3.8) is 0 Å². The van der Waals surface area contributed by atoms with Crippen LogP contribution in [0.1, 0.15) is 18.5 Å². The number of amides is 2. The molecule has 4 nitrogen and oxygen atoms in total. The summed E-state index contributed by atoms with van der Waals surface area (Å²) in [5, 5.41) is 0. The van der Waals surface area contributed by atoms with Gasteiger partial charge in [-0.3, -0.25) is 0 Å². The predicted molar refractivity (Wildman–Crippen MR) is 40.4 cm³/mol. The molecule has 0 aromatic carbocycles. The quantitative estimate of drug-likeness (QED) is 0.618. The third-order valence-corrected chi connectivity index (χ3v) is 3.43. The first-order valence-corrected chi connectivity index (χ1v) is 4.52. The van der Waals surface area contributed by atoms with Crippen LogP contribution in [0.25, 0.3) is 0 Å². The van der Waals surface area contributed by atoms with Gasteiger partial charge in [-0.15, -0.1) is 0 Å². The molecule has 0 atom stereocenters. The first-order valence-electron chi connectivity index (χ1n) is 2.80. The average molecular weight is 217 g/mol. The van der Waals surface area contributed by atoms with E-state index in [1.807, 2.05) is 0 Å². The van der Waals surface area contributed by atoms with Gasteiger partial charge in [0.2, 0.25) is 0 Å². The molecule has 0 aliphatic rings. The second-order valence-corrected chi connectivity index (χ2v) is 4.17. The number of rotatable bonds is 2. The van der Waals surface area contributed by atoms with Crippen molar-refractivity contribution < 1.29 is 9.59 Å². The molecule has 58 valence electrons. The second-order valence-electron chi connectivity index (χ2n) is 1.89. The Bertz CT molecular complexity index is 277. The van der Waals surface area contributed by atoms with Crippen molar-refractivity contribution in [1.29, 1.82) is 0 Å². The number of nitrogens with two attached hydrogens (primary N) is 2. The van der Waals surface area contributed by atoms with Gasteiger partial charge in [-0.2, -0.15) is 0 Å². The Morgan fingerprint density at radius 2 is 1.45 bits per heavy atom. The minimum atomic E-state index is -0.475. The van der Waals surface area contributed by atoms with Gasteiger partial charge in [-0.25, -0.2) is 0 Å². The normalized spacial score (nSPS) is 9.45. The molecule has 0 fully saturated rings. The van der Waals surface area contributed by atoms with Crippen LogP contribution in [-0.4, -0.2) is 26.3 Å². The molecule has 0 bridgehead atoms. The third kappa shape index (κ3) is 1.69. The molecule has 0 aliphatic heterocycles. The van der Waals surface area contributed by atoms with Gasteiger partial charge < -0.3 is 0 Å². The molecule has 1 rings (SSSR count). The summed E-state index contributed by atoms with van der Waals surface area (Å²) in [5.41, 5.74) is 9.97. The van der Waals surface area contributed by atoms with Crippen LogP contribution in [0.5, 0.6) is 0 Å². The molecule has 0 saturated heterocycles. The maximum atomic E-state index is 10.6. The van der Waals surface area contributed by atoms with E-state index in [-0.39, 0.29) is 14.5 Å². The molecule has 5 heteroatoms. The van der Waals surface area contributed by atoms with Crippen molar-refractivity contribution in [2.75, 3.05) is 0 Å². The van der Waals surface area contributed by atoms with Gasteiger partial charge in [0.1, 0.15) is 0 Å². The zero-order chi connectivity index (χ0) is 8.43. The van der Waals surface area contributed by atoms with Crippen molar-refractivity contribution in [1.82, 2.24) is 0 Å². The fraction of sp³-hybridized carbons (Fsp3) is 0. The first kappa shape index (κ1) is 8.04. The summed E-state index contributed by atoms with van der Waals surface area (Å²) in [5.74, 6) is -0.949. The van der Waals surface area contributed by atoms with Crippen LogP contribution in [0.15, 0.2) is 12.1 Å². The first-order chi connectivity index (χ1) is 5.11. The molecule has 11 heavy (non-hydrogen) atoms. The minimum absolute atomic E-state index is 0.280. The van der Waals surface area contributed by atoms with Crippen LogP contribution in [0.3, 0.4) is 0 Å². The average Bonchev–Trinajstić information content (AvgIpc) is 2.33. The summed E-state index contributed by atoms with van der Waals surface area (Å²) in [6.07, 6.45) is 0. The molecule has 0 radical (unpaired) electrons. The molecule has 2 amide bonds. The van der Waals surface area contributed by atoms with Crippen molar-refractivity contribution in [3.05, 3.63) is 21.0 Å². The van der Waals surface area contributed by atoms with Crippen LogP contribution < -0.4 is 11.5 Å². The van der Waals surface area contributed by atoms with Crippen LogP contribution in [0.4, 0.5) is 0 Å². The van der Waals surface area contributed by atoms with E-state index in [0.29, 0.717) is 8.87 Å². The van der Waals surface area contributed by atoms with Gasteiger partial charge >= 0.3 is 68.4 Å². The van der Waals surface area contributed by atoms with Crippen LogP contribution in [-0.2, 0) is 0 Å². The Labute approximate surface area is 68.9 Å². The molecule has 0 aliphatic carbocycles. The van der Waals surface area contributed by atoms with E-state index < -0.39 is 11.8 Å². The Morgan fingerprint density at radius 1 is 1.09 bits per heavy atom. The number of primary amides is 2. The van der Waals surface area contributed by atoms with Gasteiger partial charge in [-0.1, -0.05) is 0 Å². The molecule has 0 unspecified atom stereocenters. The second kappa shape index (κ2) is 2.90. The number of hydrogen-bond acceptors (Lipinski definition) is 2.